The van der Waals surface area contributed by atoms with E-state index >= 15 is 0 Å². The average molecular weight is 357 g/mol. The summed E-state index contributed by atoms with van der Waals surface area (Å²) < 4.78 is 11.5. The maximum atomic E-state index is 11.5. The van der Waals surface area contributed by atoms with Gasteiger partial charge in [0.25, 0.3) is 0 Å². The summed E-state index contributed by atoms with van der Waals surface area (Å²) >= 11 is 3.51. The Kier molecular flexibility index (Phi) is 6.14. The van der Waals surface area contributed by atoms with E-state index in [9.17, 15) is 4.79 Å². The first-order valence-electron chi connectivity index (χ1n) is 7.20. The van der Waals surface area contributed by atoms with Crippen LogP contribution in [0.25, 0.3) is 0 Å². The Labute approximate surface area is 133 Å². The molecule has 1 aliphatic heterocycles. The largest absolute Gasteiger partial charge is 0.467 e. The molecule has 1 fully saturated rings. The van der Waals surface area contributed by atoms with Gasteiger partial charge in [-0.05, 0) is 60.8 Å². The summed E-state index contributed by atoms with van der Waals surface area (Å²) in [5, 5.41) is 3.40. The first-order chi connectivity index (χ1) is 10.2. The van der Waals surface area contributed by atoms with Crippen molar-refractivity contribution in [1.29, 1.82) is 0 Å². The second-order valence-electron chi connectivity index (χ2n) is 5.16. The number of aromatic nitrogens is 1. The lowest BCUT2D eigenvalue weighted by molar-refractivity contribution is -0.156. The van der Waals surface area contributed by atoms with Crippen LogP contribution in [0.5, 0.6) is 0 Å². The molecule has 0 saturated carbocycles. The van der Waals surface area contributed by atoms with Gasteiger partial charge in [-0.15, -0.1) is 0 Å². The number of rotatable bonds is 4. The maximum absolute atomic E-state index is 11.5. The third kappa shape index (κ3) is 4.25. The Hall–Kier alpha value is -0.980. The second kappa shape index (κ2) is 7.87. The van der Waals surface area contributed by atoms with Gasteiger partial charge in [0.2, 0.25) is 0 Å². The van der Waals surface area contributed by atoms with Crippen molar-refractivity contribution in [2.75, 3.05) is 26.8 Å². The van der Waals surface area contributed by atoms with Crippen LogP contribution in [0.2, 0.25) is 0 Å². The molecule has 0 bridgehead atoms. The predicted molar refractivity (Wildman–Crippen MR) is 82.9 cm³/mol. The summed E-state index contributed by atoms with van der Waals surface area (Å²) in [5.41, 5.74) is 0.493. The van der Waals surface area contributed by atoms with E-state index in [0.717, 1.165) is 48.9 Å². The highest BCUT2D eigenvalue weighted by Crippen LogP contribution is 2.38. The molecule has 0 aromatic carbocycles. The third-order valence-corrected chi connectivity index (χ3v) is 4.47. The van der Waals surface area contributed by atoms with E-state index in [2.05, 4.69) is 26.2 Å². The molecule has 1 aliphatic rings. The number of halogens is 1. The van der Waals surface area contributed by atoms with Crippen LogP contribution in [0.15, 0.2) is 22.9 Å². The van der Waals surface area contributed by atoms with Gasteiger partial charge in [0, 0.05) is 11.8 Å². The summed E-state index contributed by atoms with van der Waals surface area (Å²) in [7, 11) is 1.37. The van der Waals surface area contributed by atoms with E-state index in [-0.39, 0.29) is 12.6 Å². The number of hydrogen-bond donors (Lipinski definition) is 1. The Morgan fingerprint density at radius 2 is 2.29 bits per heavy atom. The molecule has 2 rings (SSSR count). The van der Waals surface area contributed by atoms with Gasteiger partial charge in [0.1, 0.15) is 11.2 Å². The number of hydrogen-bond acceptors (Lipinski definition) is 5. The van der Waals surface area contributed by atoms with E-state index in [1.807, 2.05) is 12.1 Å². The van der Waals surface area contributed by atoms with Crippen LogP contribution in [-0.2, 0) is 19.9 Å². The van der Waals surface area contributed by atoms with Crippen molar-refractivity contribution in [2.45, 2.75) is 31.3 Å². The van der Waals surface area contributed by atoms with Crippen LogP contribution in [0, 0.1) is 0 Å². The van der Waals surface area contributed by atoms with Crippen molar-refractivity contribution in [3.63, 3.8) is 0 Å². The van der Waals surface area contributed by atoms with Crippen LogP contribution < -0.4 is 5.32 Å². The van der Waals surface area contributed by atoms with Gasteiger partial charge in [-0.1, -0.05) is 6.07 Å². The van der Waals surface area contributed by atoms with E-state index in [0.29, 0.717) is 0 Å². The maximum Gasteiger partial charge on any atom is 0.331 e. The minimum Gasteiger partial charge on any atom is -0.467 e. The third-order valence-electron chi connectivity index (χ3n) is 3.83. The van der Waals surface area contributed by atoms with Gasteiger partial charge in [0.05, 0.1) is 12.7 Å². The molecule has 1 unspecified atom stereocenters. The average Bonchev–Trinajstić information content (AvgIpc) is 2.47. The molecule has 1 saturated heterocycles. The van der Waals surface area contributed by atoms with Crippen LogP contribution in [0.1, 0.15) is 31.2 Å². The minimum atomic E-state index is -0.505. The monoisotopic (exact) mass is 356 g/mol. The number of methoxy groups -OCH3 is 1. The van der Waals surface area contributed by atoms with Gasteiger partial charge < -0.3 is 14.8 Å². The molecular weight excluding hydrogens is 336 g/mol. The fraction of sp³-hybridized carbons (Fsp3) is 0.600. The predicted octanol–water partition coefficient (Wildman–Crippen LogP) is 2.39. The molecule has 1 aromatic rings. The smallest absolute Gasteiger partial charge is 0.331 e. The molecule has 21 heavy (non-hydrogen) atoms. The molecule has 5 nitrogen and oxygen atoms in total. The number of pyridine rings is 1. The lowest BCUT2D eigenvalue weighted by atomic mass is 9.85. The molecular formula is C15H21BrN2O3. The Bertz CT molecular complexity index is 474. The van der Waals surface area contributed by atoms with E-state index in [1.54, 1.807) is 6.20 Å². The standard InChI is InChI=1S/C15H21BrN2O3/c1-20-13(19)11-21-15(6-2-3-8-17-10-7-15)12-5-4-9-18-14(12)16/h4-5,9,17H,2-3,6-8,10-11H2,1H3. The highest BCUT2D eigenvalue weighted by Gasteiger charge is 2.36. The number of carbonyl (C=O) groups excluding carboxylic acids is 1. The Balaban J connectivity index is 2.27. The number of carbonyl (C=O) groups is 1. The quantitative estimate of drug-likeness (QED) is 0.662. The molecule has 116 valence electrons. The first kappa shape index (κ1) is 16.4. The molecule has 1 atom stereocenters. The van der Waals surface area contributed by atoms with Crippen molar-refractivity contribution in [3.05, 3.63) is 28.5 Å². The fourth-order valence-electron chi connectivity index (χ4n) is 2.67. The highest BCUT2D eigenvalue weighted by molar-refractivity contribution is 9.10. The van der Waals surface area contributed by atoms with Crippen molar-refractivity contribution in [2.24, 2.45) is 0 Å². The summed E-state index contributed by atoms with van der Waals surface area (Å²) in [6.07, 6.45) is 5.55. The van der Waals surface area contributed by atoms with Crippen LogP contribution in [0.4, 0.5) is 0 Å². The SMILES string of the molecule is COC(=O)COC1(c2cccnc2Br)CCCCNCC1. The van der Waals surface area contributed by atoms with Gasteiger partial charge in [0.15, 0.2) is 0 Å². The van der Waals surface area contributed by atoms with Crippen molar-refractivity contribution in [3.8, 4) is 0 Å². The fourth-order valence-corrected chi connectivity index (χ4v) is 3.29. The van der Waals surface area contributed by atoms with Crippen molar-refractivity contribution in [1.82, 2.24) is 10.3 Å². The molecule has 1 aromatic heterocycles. The van der Waals surface area contributed by atoms with Gasteiger partial charge >= 0.3 is 5.97 Å². The van der Waals surface area contributed by atoms with Crippen LogP contribution >= 0.6 is 15.9 Å². The number of ether oxygens (including phenoxy) is 2. The molecule has 0 spiro atoms. The van der Waals surface area contributed by atoms with E-state index in [1.165, 1.54) is 7.11 Å². The summed E-state index contributed by atoms with van der Waals surface area (Å²) in [4.78, 5) is 15.8. The van der Waals surface area contributed by atoms with Gasteiger partial charge in [-0.25, -0.2) is 9.78 Å². The zero-order chi connectivity index (χ0) is 15.1. The second-order valence-corrected chi connectivity index (χ2v) is 5.91. The Morgan fingerprint density at radius 1 is 1.43 bits per heavy atom. The number of esters is 1. The minimum absolute atomic E-state index is 0.0438. The van der Waals surface area contributed by atoms with Gasteiger partial charge in [-0.3, -0.25) is 0 Å². The molecule has 0 radical (unpaired) electrons. The van der Waals surface area contributed by atoms with E-state index in [4.69, 9.17) is 9.47 Å². The molecule has 6 heteroatoms. The molecule has 1 N–H and O–H groups in total. The zero-order valence-electron chi connectivity index (χ0n) is 12.2. The first-order valence-corrected chi connectivity index (χ1v) is 8.00. The number of nitrogens with one attached hydrogen (secondary N) is 1. The highest BCUT2D eigenvalue weighted by atomic mass is 79.9. The zero-order valence-corrected chi connectivity index (χ0v) is 13.8. The summed E-state index contributed by atoms with van der Waals surface area (Å²) in [6, 6.07) is 3.91. The van der Waals surface area contributed by atoms with Gasteiger partial charge in [-0.2, -0.15) is 0 Å². The van der Waals surface area contributed by atoms with Crippen molar-refractivity contribution < 1.29 is 14.3 Å². The lowest BCUT2D eigenvalue weighted by Crippen LogP contribution is -2.38. The molecule has 0 aliphatic carbocycles. The summed E-state index contributed by atoms with van der Waals surface area (Å²) in [6.45, 7) is 1.83. The molecule has 0 amide bonds. The Morgan fingerprint density at radius 3 is 3.05 bits per heavy atom. The van der Waals surface area contributed by atoms with Crippen LogP contribution in [-0.4, -0.2) is 37.8 Å². The number of nitrogens with zero attached hydrogens (tertiary/aromatic N) is 1. The topological polar surface area (TPSA) is 60.5 Å². The van der Waals surface area contributed by atoms with E-state index < -0.39 is 5.60 Å². The van der Waals surface area contributed by atoms with Crippen LogP contribution in [0.3, 0.4) is 0 Å². The lowest BCUT2D eigenvalue weighted by Gasteiger charge is -2.36. The molecule has 2 heterocycles. The summed E-state index contributed by atoms with van der Waals surface area (Å²) in [5.74, 6) is -0.357. The normalized spacial score (nSPS) is 23.1. The van der Waals surface area contributed by atoms with Crippen molar-refractivity contribution >= 4 is 21.9 Å².